The van der Waals surface area contributed by atoms with E-state index in [1.807, 2.05) is 31.2 Å². The lowest BCUT2D eigenvalue weighted by Gasteiger charge is -2.24. The van der Waals surface area contributed by atoms with Crippen LogP contribution in [0.3, 0.4) is 0 Å². The highest BCUT2D eigenvalue weighted by Gasteiger charge is 2.28. The van der Waals surface area contributed by atoms with Crippen LogP contribution in [0.5, 0.6) is 11.5 Å². The lowest BCUT2D eigenvalue weighted by molar-refractivity contribution is -0.119. The summed E-state index contributed by atoms with van der Waals surface area (Å²) in [5, 5.41) is -0.0164. The fraction of sp³-hybridized carbons (Fsp3) is 0.462. The molecule has 0 aliphatic carbocycles. The van der Waals surface area contributed by atoms with Crippen LogP contribution in [-0.2, 0) is 9.53 Å². The van der Waals surface area contributed by atoms with Crippen molar-refractivity contribution in [2.75, 3.05) is 14.2 Å². The predicted molar refractivity (Wildman–Crippen MR) is 127 cm³/mol. The summed E-state index contributed by atoms with van der Waals surface area (Å²) >= 11 is 1.71. The number of carbonyl (C=O) groups excluding carboxylic acids is 2. The van der Waals surface area contributed by atoms with Gasteiger partial charge in [-0.05, 0) is 56.4 Å². The summed E-state index contributed by atoms with van der Waals surface area (Å²) in [5.41, 5.74) is 1.30. The number of cyclic esters (lactones) is 1. The van der Waals surface area contributed by atoms with E-state index in [-0.39, 0.29) is 17.1 Å². The first kappa shape index (κ1) is 24.2. The Morgan fingerprint density at radius 1 is 0.938 bits per heavy atom. The van der Waals surface area contributed by atoms with Gasteiger partial charge >= 0.3 is 5.97 Å². The van der Waals surface area contributed by atoms with Gasteiger partial charge in [-0.2, -0.15) is 0 Å². The standard InChI is InChI=1S/C26H32O5S/c1-18-10-9-12-19(27)11-7-8-15-24(32-21-13-5-4-6-14-21)22-16-20(29-2)17-23(30-3)25(22)26(28)31-18/h4-6,13-14,16-18,24H,7-12,15H2,1-3H3. The van der Waals surface area contributed by atoms with Crippen molar-refractivity contribution in [1.29, 1.82) is 0 Å². The van der Waals surface area contributed by atoms with Crippen LogP contribution in [0.1, 0.15) is 73.0 Å². The maximum absolute atomic E-state index is 13.3. The zero-order chi connectivity index (χ0) is 22.9. The smallest absolute Gasteiger partial charge is 0.342 e. The number of thioether (sulfide) groups is 1. The van der Waals surface area contributed by atoms with Crippen LogP contribution in [-0.4, -0.2) is 32.1 Å². The van der Waals surface area contributed by atoms with Crippen molar-refractivity contribution in [3.63, 3.8) is 0 Å². The highest BCUT2D eigenvalue weighted by Crippen LogP contribution is 2.44. The summed E-state index contributed by atoms with van der Waals surface area (Å²) in [6.07, 6.45) is 4.81. The number of rotatable bonds is 4. The van der Waals surface area contributed by atoms with Gasteiger partial charge in [-0.1, -0.05) is 24.6 Å². The van der Waals surface area contributed by atoms with E-state index >= 15 is 0 Å². The topological polar surface area (TPSA) is 61.8 Å². The molecule has 0 saturated carbocycles. The van der Waals surface area contributed by atoms with Gasteiger partial charge in [0.25, 0.3) is 0 Å². The molecule has 0 aromatic heterocycles. The Bertz CT molecular complexity index is 912. The van der Waals surface area contributed by atoms with E-state index in [2.05, 4.69) is 12.1 Å². The van der Waals surface area contributed by atoms with Crippen LogP contribution in [0.4, 0.5) is 0 Å². The third-order valence-corrected chi connectivity index (χ3v) is 7.00. The molecule has 32 heavy (non-hydrogen) atoms. The summed E-state index contributed by atoms with van der Waals surface area (Å²) in [6.45, 7) is 1.88. The molecule has 3 rings (SSSR count). The van der Waals surface area contributed by atoms with Crippen LogP contribution in [0.2, 0.25) is 0 Å². The minimum absolute atomic E-state index is 0.0164. The number of hydrogen-bond acceptors (Lipinski definition) is 6. The lowest BCUT2D eigenvalue weighted by atomic mass is 9.97. The van der Waals surface area contributed by atoms with E-state index in [4.69, 9.17) is 14.2 Å². The minimum atomic E-state index is -0.394. The Labute approximate surface area is 194 Å². The number of Topliss-reactive ketones (excluding diaryl/α,β-unsaturated/α-hetero) is 1. The number of ketones is 1. The van der Waals surface area contributed by atoms with Gasteiger partial charge in [0.05, 0.1) is 20.3 Å². The zero-order valence-corrected chi connectivity index (χ0v) is 19.9. The van der Waals surface area contributed by atoms with Gasteiger partial charge in [-0.25, -0.2) is 4.79 Å². The Kier molecular flexibility index (Phi) is 9.03. The molecule has 2 aromatic rings. The molecule has 0 radical (unpaired) electrons. The molecule has 0 amide bonds. The Balaban J connectivity index is 2.05. The van der Waals surface area contributed by atoms with Gasteiger partial charge in [-0.3, -0.25) is 4.79 Å². The molecule has 2 unspecified atom stereocenters. The fourth-order valence-electron chi connectivity index (χ4n) is 3.97. The van der Waals surface area contributed by atoms with E-state index in [0.29, 0.717) is 36.3 Å². The summed E-state index contributed by atoms with van der Waals surface area (Å²) < 4.78 is 16.9. The highest BCUT2D eigenvalue weighted by molar-refractivity contribution is 7.99. The molecule has 1 aliphatic rings. The Morgan fingerprint density at radius 3 is 2.41 bits per heavy atom. The molecule has 0 saturated heterocycles. The molecule has 172 valence electrons. The van der Waals surface area contributed by atoms with Gasteiger partial charge < -0.3 is 14.2 Å². The molecule has 5 nitrogen and oxygen atoms in total. The maximum Gasteiger partial charge on any atom is 0.342 e. The first-order valence-corrected chi connectivity index (χ1v) is 12.1. The molecule has 0 bridgehead atoms. The molecule has 2 aromatic carbocycles. The van der Waals surface area contributed by atoms with Crippen molar-refractivity contribution >= 4 is 23.5 Å². The van der Waals surface area contributed by atoms with Crippen molar-refractivity contribution in [2.45, 2.75) is 68.1 Å². The van der Waals surface area contributed by atoms with E-state index in [9.17, 15) is 9.59 Å². The molecule has 1 heterocycles. The number of carbonyl (C=O) groups is 2. The fourth-order valence-corrected chi connectivity index (χ4v) is 5.21. The van der Waals surface area contributed by atoms with Gasteiger partial charge in [0.1, 0.15) is 22.8 Å². The SMILES string of the molecule is COc1cc(OC)c2c(c1)C(Sc1ccccc1)CCCCC(=O)CCCC(C)OC2=O. The van der Waals surface area contributed by atoms with E-state index < -0.39 is 5.97 Å². The predicted octanol–water partition coefficient (Wildman–Crippen LogP) is 6.40. The largest absolute Gasteiger partial charge is 0.497 e. The van der Waals surface area contributed by atoms with Crippen molar-refractivity contribution in [3.8, 4) is 11.5 Å². The summed E-state index contributed by atoms with van der Waals surface area (Å²) in [7, 11) is 3.16. The number of methoxy groups -OCH3 is 2. The second-order valence-electron chi connectivity index (χ2n) is 8.11. The number of benzene rings is 2. The first-order chi connectivity index (χ1) is 15.5. The van der Waals surface area contributed by atoms with Crippen LogP contribution in [0, 0.1) is 0 Å². The Morgan fingerprint density at radius 2 is 1.69 bits per heavy atom. The number of esters is 1. The van der Waals surface area contributed by atoms with E-state index in [0.717, 1.165) is 36.1 Å². The third kappa shape index (κ3) is 6.52. The molecule has 1 aliphatic heterocycles. The molecular formula is C26H32O5S. The van der Waals surface area contributed by atoms with Crippen LogP contribution in [0.25, 0.3) is 0 Å². The number of fused-ring (bicyclic) bond motifs is 1. The summed E-state index contributed by atoms with van der Waals surface area (Å²) in [6, 6.07) is 13.8. The van der Waals surface area contributed by atoms with Gasteiger partial charge in [0, 0.05) is 29.1 Å². The molecule has 0 N–H and O–H groups in total. The van der Waals surface area contributed by atoms with Crippen molar-refractivity contribution in [1.82, 2.24) is 0 Å². The average molecular weight is 457 g/mol. The van der Waals surface area contributed by atoms with Crippen LogP contribution < -0.4 is 9.47 Å². The maximum atomic E-state index is 13.3. The van der Waals surface area contributed by atoms with Crippen molar-refractivity contribution < 1.29 is 23.8 Å². The number of ether oxygens (including phenoxy) is 3. The first-order valence-electron chi connectivity index (χ1n) is 11.2. The van der Waals surface area contributed by atoms with Gasteiger partial charge in [-0.15, -0.1) is 11.8 Å². The second-order valence-corrected chi connectivity index (χ2v) is 9.38. The van der Waals surface area contributed by atoms with E-state index in [1.54, 1.807) is 32.0 Å². The van der Waals surface area contributed by atoms with Crippen molar-refractivity contribution in [3.05, 3.63) is 53.6 Å². The van der Waals surface area contributed by atoms with Crippen LogP contribution in [0.15, 0.2) is 47.4 Å². The molecule has 6 heteroatoms. The third-order valence-electron chi connectivity index (χ3n) is 5.68. The number of hydrogen-bond donors (Lipinski definition) is 0. The summed E-state index contributed by atoms with van der Waals surface area (Å²) in [5.74, 6) is 0.986. The normalized spacial score (nSPS) is 20.6. The zero-order valence-electron chi connectivity index (χ0n) is 19.1. The quantitative estimate of drug-likeness (QED) is 0.496. The lowest BCUT2D eigenvalue weighted by Crippen LogP contribution is -2.19. The van der Waals surface area contributed by atoms with Crippen molar-refractivity contribution in [2.24, 2.45) is 0 Å². The molecule has 0 spiro atoms. The molecular weight excluding hydrogens is 424 g/mol. The van der Waals surface area contributed by atoms with Gasteiger partial charge in [0.2, 0.25) is 0 Å². The monoisotopic (exact) mass is 456 g/mol. The Hall–Kier alpha value is -2.47. The molecule has 0 fully saturated rings. The second kappa shape index (κ2) is 12.0. The average Bonchev–Trinajstić information content (AvgIpc) is 2.80. The molecule has 2 atom stereocenters. The van der Waals surface area contributed by atoms with Gasteiger partial charge in [0.15, 0.2) is 0 Å². The van der Waals surface area contributed by atoms with E-state index in [1.165, 1.54) is 0 Å². The minimum Gasteiger partial charge on any atom is -0.497 e. The van der Waals surface area contributed by atoms with Crippen LogP contribution >= 0.6 is 11.8 Å². The summed E-state index contributed by atoms with van der Waals surface area (Å²) in [4.78, 5) is 26.6. The highest BCUT2D eigenvalue weighted by atomic mass is 32.2.